The Morgan fingerprint density at radius 2 is 2.08 bits per heavy atom. The Morgan fingerprint density at radius 3 is 2.77 bits per heavy atom. The molecule has 1 radical (unpaired) electrons. The normalized spacial score (nSPS) is 10.2. The summed E-state index contributed by atoms with van der Waals surface area (Å²) in [5, 5.41) is 15.9. The first-order valence-electron chi connectivity index (χ1n) is 3.76. The largest absolute Gasteiger partial charge is 0.289 e. The molecule has 1 heterocycles. The van der Waals surface area contributed by atoms with Crippen molar-refractivity contribution >= 4 is 22.9 Å². The van der Waals surface area contributed by atoms with Crippen molar-refractivity contribution in [2.24, 2.45) is 0 Å². The third-order valence-electron chi connectivity index (χ3n) is 1.77. The van der Waals surface area contributed by atoms with Gasteiger partial charge in [0.05, 0.1) is 0 Å². The van der Waals surface area contributed by atoms with Crippen LogP contribution in [0.15, 0.2) is 35.0 Å². The lowest BCUT2D eigenvalue weighted by atomic mass is 10.1. The van der Waals surface area contributed by atoms with E-state index in [2.05, 4.69) is 0 Å². The van der Waals surface area contributed by atoms with Crippen LogP contribution < -0.4 is 0 Å². The van der Waals surface area contributed by atoms with Crippen molar-refractivity contribution in [2.45, 2.75) is 0 Å². The van der Waals surface area contributed by atoms with Crippen LogP contribution in [0, 0.1) is 0 Å². The summed E-state index contributed by atoms with van der Waals surface area (Å²) in [7, 11) is 0. The van der Waals surface area contributed by atoms with Crippen LogP contribution in [0.3, 0.4) is 0 Å². The average molecular weight is 210 g/mol. The van der Waals surface area contributed by atoms with E-state index in [1.54, 1.807) is 23.5 Å². The standard InChI is InChI=1S/C10H6ClOS/c11-8-1-2-10(12)9(5-8)7-3-4-13-6-7/h1-6H. The first-order valence-corrected chi connectivity index (χ1v) is 5.08. The van der Waals surface area contributed by atoms with Gasteiger partial charge in [0.15, 0.2) is 5.75 Å². The SMILES string of the molecule is [O]c1ccc(Cl)cc1-c1ccsc1. The first kappa shape index (κ1) is 8.60. The number of halogens is 1. The smallest absolute Gasteiger partial charge is 0.186 e. The van der Waals surface area contributed by atoms with Gasteiger partial charge < -0.3 is 0 Å². The molecule has 1 aromatic heterocycles. The van der Waals surface area contributed by atoms with E-state index < -0.39 is 0 Å². The van der Waals surface area contributed by atoms with E-state index in [1.165, 1.54) is 6.07 Å². The Morgan fingerprint density at radius 1 is 1.23 bits per heavy atom. The van der Waals surface area contributed by atoms with Crippen molar-refractivity contribution < 1.29 is 5.11 Å². The molecule has 0 spiro atoms. The Balaban J connectivity index is 2.57. The van der Waals surface area contributed by atoms with Gasteiger partial charge in [0.2, 0.25) is 0 Å². The summed E-state index contributed by atoms with van der Waals surface area (Å²) >= 11 is 7.37. The third-order valence-corrected chi connectivity index (χ3v) is 2.69. The number of thiophene rings is 1. The summed E-state index contributed by atoms with van der Waals surface area (Å²) in [5.74, 6) is 0.0165. The molecule has 0 bridgehead atoms. The van der Waals surface area contributed by atoms with Gasteiger partial charge in [-0.2, -0.15) is 11.3 Å². The van der Waals surface area contributed by atoms with Gasteiger partial charge in [0, 0.05) is 10.6 Å². The maximum absolute atomic E-state index is 11.4. The molecule has 1 nitrogen and oxygen atoms in total. The van der Waals surface area contributed by atoms with E-state index in [9.17, 15) is 5.11 Å². The lowest BCUT2D eigenvalue weighted by Crippen LogP contribution is -1.74. The van der Waals surface area contributed by atoms with E-state index >= 15 is 0 Å². The maximum Gasteiger partial charge on any atom is 0.186 e. The van der Waals surface area contributed by atoms with Crippen molar-refractivity contribution in [1.29, 1.82) is 0 Å². The van der Waals surface area contributed by atoms with Gasteiger partial charge in [0.1, 0.15) is 0 Å². The summed E-state index contributed by atoms with van der Waals surface area (Å²) in [6.07, 6.45) is 0. The molecule has 13 heavy (non-hydrogen) atoms. The zero-order valence-corrected chi connectivity index (χ0v) is 8.23. The molecule has 0 aliphatic carbocycles. The first-order chi connectivity index (χ1) is 6.27. The Labute approximate surface area is 85.2 Å². The summed E-state index contributed by atoms with van der Waals surface area (Å²) in [5.41, 5.74) is 1.62. The molecule has 0 saturated carbocycles. The van der Waals surface area contributed by atoms with Crippen LogP contribution in [0.25, 0.3) is 11.1 Å². The maximum atomic E-state index is 11.4. The lowest BCUT2D eigenvalue weighted by molar-refractivity contribution is 0.356. The average Bonchev–Trinajstić information content (AvgIpc) is 2.61. The van der Waals surface area contributed by atoms with Crippen LogP contribution in [0.2, 0.25) is 5.02 Å². The molecule has 0 amide bonds. The second-order valence-electron chi connectivity index (χ2n) is 2.65. The van der Waals surface area contributed by atoms with Crippen molar-refractivity contribution in [2.75, 3.05) is 0 Å². The molecule has 0 atom stereocenters. The van der Waals surface area contributed by atoms with Gasteiger partial charge in [-0.15, -0.1) is 0 Å². The van der Waals surface area contributed by atoms with Gasteiger partial charge in [0.25, 0.3) is 0 Å². The topological polar surface area (TPSA) is 19.9 Å². The number of hydrogen-bond donors (Lipinski definition) is 0. The van der Waals surface area contributed by atoms with Crippen LogP contribution in [-0.2, 0) is 5.11 Å². The Kier molecular flexibility index (Phi) is 2.25. The van der Waals surface area contributed by atoms with E-state index in [4.69, 9.17) is 11.6 Å². The van der Waals surface area contributed by atoms with Gasteiger partial charge in [-0.25, -0.2) is 0 Å². The summed E-state index contributed by atoms with van der Waals surface area (Å²) in [4.78, 5) is 0. The van der Waals surface area contributed by atoms with Crippen molar-refractivity contribution in [1.82, 2.24) is 0 Å². The van der Waals surface area contributed by atoms with Crippen LogP contribution >= 0.6 is 22.9 Å². The van der Waals surface area contributed by atoms with Crippen LogP contribution in [0.1, 0.15) is 0 Å². The lowest BCUT2D eigenvalue weighted by Gasteiger charge is -1.99. The van der Waals surface area contributed by atoms with Gasteiger partial charge in [-0.1, -0.05) is 11.6 Å². The number of rotatable bonds is 1. The zero-order valence-electron chi connectivity index (χ0n) is 6.66. The van der Waals surface area contributed by atoms with E-state index in [-0.39, 0.29) is 5.75 Å². The molecule has 3 heteroatoms. The zero-order chi connectivity index (χ0) is 9.26. The highest BCUT2D eigenvalue weighted by molar-refractivity contribution is 7.08. The summed E-state index contributed by atoms with van der Waals surface area (Å²) in [6.45, 7) is 0. The van der Waals surface area contributed by atoms with E-state index in [0.29, 0.717) is 10.6 Å². The van der Waals surface area contributed by atoms with Gasteiger partial charge >= 0.3 is 0 Å². The number of benzene rings is 1. The van der Waals surface area contributed by atoms with Gasteiger partial charge in [-0.05, 0) is 40.6 Å². The van der Waals surface area contributed by atoms with E-state index in [0.717, 1.165) is 5.56 Å². The molecular weight excluding hydrogens is 204 g/mol. The molecular formula is C10H6ClOS. The fourth-order valence-corrected chi connectivity index (χ4v) is 1.97. The van der Waals surface area contributed by atoms with Crippen LogP contribution in [-0.4, -0.2) is 0 Å². The predicted molar refractivity (Wildman–Crippen MR) is 54.9 cm³/mol. The van der Waals surface area contributed by atoms with E-state index in [1.807, 2.05) is 16.8 Å². The highest BCUT2D eigenvalue weighted by Gasteiger charge is 2.06. The van der Waals surface area contributed by atoms with Crippen molar-refractivity contribution in [3.8, 4) is 16.9 Å². The van der Waals surface area contributed by atoms with Crippen molar-refractivity contribution in [3.63, 3.8) is 0 Å². The monoisotopic (exact) mass is 209 g/mol. The molecule has 0 aliphatic rings. The second-order valence-corrected chi connectivity index (χ2v) is 3.87. The molecule has 1 aromatic carbocycles. The molecule has 0 saturated heterocycles. The van der Waals surface area contributed by atoms with Crippen LogP contribution in [0.4, 0.5) is 0 Å². The third kappa shape index (κ3) is 1.69. The minimum atomic E-state index is 0.0165. The molecule has 2 rings (SSSR count). The fourth-order valence-electron chi connectivity index (χ4n) is 1.15. The summed E-state index contributed by atoms with van der Waals surface area (Å²) < 4.78 is 0. The fraction of sp³-hybridized carbons (Fsp3) is 0. The Hall–Kier alpha value is -0.990. The molecule has 0 fully saturated rings. The molecule has 2 aromatic rings. The minimum Gasteiger partial charge on any atom is -0.289 e. The quantitative estimate of drug-likeness (QED) is 0.671. The minimum absolute atomic E-state index is 0.0165. The van der Waals surface area contributed by atoms with Gasteiger partial charge in [-0.3, -0.25) is 5.11 Å². The molecule has 65 valence electrons. The Bertz CT molecular complexity index is 409. The second kappa shape index (κ2) is 3.40. The molecule has 0 aliphatic heterocycles. The van der Waals surface area contributed by atoms with Crippen LogP contribution in [0.5, 0.6) is 5.75 Å². The van der Waals surface area contributed by atoms with Crippen molar-refractivity contribution in [3.05, 3.63) is 40.0 Å². The summed E-state index contributed by atoms with van der Waals surface area (Å²) in [6, 6.07) is 6.72. The highest BCUT2D eigenvalue weighted by atomic mass is 35.5. The number of hydrogen-bond acceptors (Lipinski definition) is 1. The predicted octanol–water partition coefficient (Wildman–Crippen LogP) is 4.21. The molecule has 0 N–H and O–H groups in total. The highest BCUT2D eigenvalue weighted by Crippen LogP contribution is 2.33. The molecule has 0 unspecified atom stereocenters.